The molecule has 116 valence electrons. The van der Waals surface area contributed by atoms with Gasteiger partial charge in [0.25, 0.3) is 0 Å². The molecule has 0 atom stereocenters. The molecule has 0 bridgehead atoms. The molecule has 0 saturated heterocycles. The Morgan fingerprint density at radius 3 is 2.55 bits per heavy atom. The molecule has 1 aromatic heterocycles. The molecular formula is C14H9F4NO3. The van der Waals surface area contributed by atoms with E-state index >= 15 is 0 Å². The van der Waals surface area contributed by atoms with Crippen molar-refractivity contribution in [2.75, 3.05) is 0 Å². The topological polar surface area (TPSA) is 59.4 Å². The summed E-state index contributed by atoms with van der Waals surface area (Å²) in [7, 11) is 0. The Balaban J connectivity index is 2.48. The third-order valence-electron chi connectivity index (χ3n) is 2.60. The summed E-state index contributed by atoms with van der Waals surface area (Å²) in [6.07, 6.45) is -5.39. The van der Waals surface area contributed by atoms with Gasteiger partial charge in [-0.25, -0.2) is 4.98 Å². The number of halogens is 4. The van der Waals surface area contributed by atoms with E-state index in [1.165, 1.54) is 24.3 Å². The van der Waals surface area contributed by atoms with Crippen molar-refractivity contribution in [3.05, 3.63) is 47.9 Å². The highest BCUT2D eigenvalue weighted by Gasteiger charge is 2.32. The molecule has 0 saturated carbocycles. The number of carboxylic acids is 1. The Bertz CT molecular complexity index is 701. The fraction of sp³-hybridized carbons (Fsp3) is 0.143. The van der Waals surface area contributed by atoms with Crippen LogP contribution in [0.4, 0.5) is 17.6 Å². The van der Waals surface area contributed by atoms with Crippen LogP contribution in [0.15, 0.2) is 36.4 Å². The molecule has 0 radical (unpaired) electrons. The summed E-state index contributed by atoms with van der Waals surface area (Å²) in [5.41, 5.74) is -0.154. The fourth-order valence-electron chi connectivity index (χ4n) is 1.86. The van der Waals surface area contributed by atoms with Crippen LogP contribution in [0.25, 0.3) is 11.3 Å². The number of aromatic nitrogens is 1. The first-order valence-electron chi connectivity index (χ1n) is 5.98. The fourth-order valence-corrected chi connectivity index (χ4v) is 1.86. The van der Waals surface area contributed by atoms with Crippen molar-refractivity contribution < 1.29 is 32.2 Å². The van der Waals surface area contributed by atoms with Crippen molar-refractivity contribution in [2.24, 2.45) is 0 Å². The van der Waals surface area contributed by atoms with Gasteiger partial charge >= 0.3 is 12.3 Å². The number of hydrogen-bond acceptors (Lipinski definition) is 3. The Morgan fingerprint density at radius 1 is 1.23 bits per heavy atom. The number of carbonyl (C=O) groups is 1. The Labute approximate surface area is 122 Å². The van der Waals surface area contributed by atoms with Crippen LogP contribution >= 0.6 is 0 Å². The summed E-state index contributed by atoms with van der Waals surface area (Å²) >= 11 is 0. The minimum Gasteiger partial charge on any atom is -0.481 e. The first-order valence-corrected chi connectivity index (χ1v) is 5.98. The highest BCUT2D eigenvalue weighted by atomic mass is 19.4. The lowest BCUT2D eigenvalue weighted by molar-refractivity contribution is -0.274. The number of rotatable bonds is 4. The summed E-state index contributed by atoms with van der Waals surface area (Å²) in [6.45, 7) is 0. The highest BCUT2D eigenvalue weighted by molar-refractivity contribution is 5.72. The lowest BCUT2D eigenvalue weighted by Crippen LogP contribution is -2.17. The maximum atomic E-state index is 13.5. The molecule has 1 heterocycles. The average Bonchev–Trinajstić information content (AvgIpc) is 2.35. The molecule has 0 aliphatic heterocycles. The number of ether oxygens (including phenoxy) is 1. The van der Waals surface area contributed by atoms with Gasteiger partial charge in [0, 0.05) is 5.56 Å². The molecule has 1 N–H and O–H groups in total. The third-order valence-corrected chi connectivity index (χ3v) is 2.60. The van der Waals surface area contributed by atoms with Crippen LogP contribution in [0.3, 0.4) is 0 Å². The predicted molar refractivity (Wildman–Crippen MR) is 67.7 cm³/mol. The van der Waals surface area contributed by atoms with Crippen LogP contribution in [0.1, 0.15) is 5.56 Å². The maximum absolute atomic E-state index is 13.5. The highest BCUT2D eigenvalue weighted by Crippen LogP contribution is 2.33. The van der Waals surface area contributed by atoms with Crippen molar-refractivity contribution in [2.45, 2.75) is 12.8 Å². The van der Waals surface area contributed by atoms with Crippen molar-refractivity contribution in [3.63, 3.8) is 0 Å². The van der Waals surface area contributed by atoms with E-state index in [0.29, 0.717) is 0 Å². The molecule has 0 unspecified atom stereocenters. The van der Waals surface area contributed by atoms with Gasteiger partial charge in [0.05, 0.1) is 12.1 Å². The zero-order valence-corrected chi connectivity index (χ0v) is 10.9. The second-order valence-electron chi connectivity index (χ2n) is 4.30. The van der Waals surface area contributed by atoms with Crippen molar-refractivity contribution in [3.8, 4) is 17.0 Å². The monoisotopic (exact) mass is 315 g/mol. The first-order chi connectivity index (χ1) is 10.2. The standard InChI is InChI=1S/C14H9F4NO3/c15-12-6-8(7-13(20)21)5-10(19-12)9-3-1-2-4-11(9)22-14(16,17)18/h1-6H,7H2,(H,20,21). The quantitative estimate of drug-likeness (QED) is 0.694. The summed E-state index contributed by atoms with van der Waals surface area (Å²) in [5.74, 6) is -2.73. The van der Waals surface area contributed by atoms with E-state index in [1.807, 2.05) is 0 Å². The second-order valence-corrected chi connectivity index (χ2v) is 4.30. The van der Waals surface area contributed by atoms with Gasteiger partial charge in [0.2, 0.25) is 5.95 Å². The molecule has 0 aliphatic rings. The van der Waals surface area contributed by atoms with E-state index < -0.39 is 30.4 Å². The molecule has 0 spiro atoms. The summed E-state index contributed by atoms with van der Waals surface area (Å²) in [5, 5.41) is 8.71. The van der Waals surface area contributed by atoms with E-state index in [0.717, 1.165) is 12.1 Å². The van der Waals surface area contributed by atoms with Crippen LogP contribution in [-0.4, -0.2) is 22.4 Å². The average molecular weight is 315 g/mol. The van der Waals surface area contributed by atoms with Crippen LogP contribution in [-0.2, 0) is 11.2 Å². The van der Waals surface area contributed by atoms with E-state index in [9.17, 15) is 22.4 Å². The van der Waals surface area contributed by atoms with Gasteiger partial charge in [-0.05, 0) is 29.8 Å². The van der Waals surface area contributed by atoms with E-state index in [1.54, 1.807) is 0 Å². The van der Waals surface area contributed by atoms with Gasteiger partial charge in [-0.1, -0.05) is 12.1 Å². The summed E-state index contributed by atoms with van der Waals surface area (Å²) in [4.78, 5) is 14.2. The maximum Gasteiger partial charge on any atom is 0.573 e. The van der Waals surface area contributed by atoms with Crippen LogP contribution in [0.5, 0.6) is 5.75 Å². The normalized spacial score (nSPS) is 11.3. The molecule has 4 nitrogen and oxygen atoms in total. The van der Waals surface area contributed by atoms with Crippen LogP contribution in [0.2, 0.25) is 0 Å². The Morgan fingerprint density at radius 2 is 1.91 bits per heavy atom. The van der Waals surface area contributed by atoms with Crippen molar-refractivity contribution >= 4 is 5.97 Å². The molecule has 8 heteroatoms. The molecule has 2 aromatic rings. The zero-order valence-electron chi connectivity index (χ0n) is 10.9. The van der Waals surface area contributed by atoms with Gasteiger partial charge < -0.3 is 9.84 Å². The van der Waals surface area contributed by atoms with E-state index in [2.05, 4.69) is 9.72 Å². The number of alkyl halides is 3. The van der Waals surface area contributed by atoms with E-state index in [4.69, 9.17) is 5.11 Å². The number of para-hydroxylation sites is 1. The Hall–Kier alpha value is -2.64. The van der Waals surface area contributed by atoms with Gasteiger partial charge in [0.15, 0.2) is 0 Å². The smallest absolute Gasteiger partial charge is 0.481 e. The largest absolute Gasteiger partial charge is 0.573 e. The van der Waals surface area contributed by atoms with Gasteiger partial charge in [-0.2, -0.15) is 4.39 Å². The molecule has 0 fully saturated rings. The molecule has 1 aromatic carbocycles. The molecule has 0 amide bonds. The molecule has 0 aliphatic carbocycles. The van der Waals surface area contributed by atoms with Crippen molar-refractivity contribution in [1.29, 1.82) is 0 Å². The number of pyridine rings is 1. The molecule has 22 heavy (non-hydrogen) atoms. The lowest BCUT2D eigenvalue weighted by atomic mass is 10.1. The SMILES string of the molecule is O=C(O)Cc1cc(F)nc(-c2ccccc2OC(F)(F)F)c1. The lowest BCUT2D eigenvalue weighted by Gasteiger charge is -2.13. The number of nitrogens with zero attached hydrogens (tertiary/aromatic N) is 1. The third kappa shape index (κ3) is 4.18. The Kier molecular flexibility index (Phi) is 4.30. The predicted octanol–water partition coefficient (Wildman–Crippen LogP) is 3.41. The number of hydrogen-bond donors (Lipinski definition) is 1. The number of aliphatic carboxylic acids is 1. The first kappa shape index (κ1) is 15.7. The molecular weight excluding hydrogens is 306 g/mol. The van der Waals surface area contributed by atoms with Gasteiger partial charge in [-0.3, -0.25) is 4.79 Å². The van der Waals surface area contributed by atoms with Crippen LogP contribution in [0, 0.1) is 5.95 Å². The van der Waals surface area contributed by atoms with Gasteiger partial charge in [0.1, 0.15) is 5.75 Å². The second kappa shape index (κ2) is 6.00. The molecule has 2 rings (SSSR count). The zero-order chi connectivity index (χ0) is 16.3. The summed E-state index contributed by atoms with van der Waals surface area (Å²) in [6, 6.07) is 7.20. The number of benzene rings is 1. The van der Waals surface area contributed by atoms with Gasteiger partial charge in [-0.15, -0.1) is 13.2 Å². The van der Waals surface area contributed by atoms with E-state index in [-0.39, 0.29) is 16.8 Å². The minimum absolute atomic E-state index is 0.0804. The number of carboxylic acid groups (broad SMARTS) is 1. The van der Waals surface area contributed by atoms with Crippen molar-refractivity contribution in [1.82, 2.24) is 4.98 Å². The van der Waals surface area contributed by atoms with Crippen LogP contribution < -0.4 is 4.74 Å². The summed E-state index contributed by atoms with van der Waals surface area (Å²) < 4.78 is 54.5. The minimum atomic E-state index is -4.91.